The first-order valence-corrected chi connectivity index (χ1v) is 10.4. The predicted octanol–water partition coefficient (Wildman–Crippen LogP) is 3.73. The molecule has 1 unspecified atom stereocenters. The summed E-state index contributed by atoms with van der Waals surface area (Å²) in [4.78, 5) is 27.0. The summed E-state index contributed by atoms with van der Waals surface area (Å²) in [5.41, 5.74) is 2.52. The highest BCUT2D eigenvalue weighted by Gasteiger charge is 2.40. The lowest BCUT2D eigenvalue weighted by molar-refractivity contribution is -0.139. The van der Waals surface area contributed by atoms with Gasteiger partial charge in [0.15, 0.2) is 0 Å². The fraction of sp³-hybridized carbons (Fsp3) is 0.417. The summed E-state index contributed by atoms with van der Waals surface area (Å²) in [6.07, 6.45) is 4.51. The molecule has 1 heterocycles. The number of rotatable bonds is 7. The molecule has 0 aromatic heterocycles. The van der Waals surface area contributed by atoms with Crippen molar-refractivity contribution in [2.75, 3.05) is 13.1 Å². The zero-order chi connectivity index (χ0) is 19.3. The van der Waals surface area contributed by atoms with Gasteiger partial charge in [-0.15, -0.1) is 0 Å². The quantitative estimate of drug-likeness (QED) is 0.801. The van der Waals surface area contributed by atoms with E-state index in [1.165, 1.54) is 11.1 Å². The zero-order valence-corrected chi connectivity index (χ0v) is 16.2. The maximum Gasteiger partial charge on any atom is 0.242 e. The second-order valence-corrected chi connectivity index (χ2v) is 7.92. The van der Waals surface area contributed by atoms with Crippen LogP contribution in [-0.2, 0) is 9.59 Å². The van der Waals surface area contributed by atoms with E-state index in [0.717, 1.165) is 38.6 Å². The minimum atomic E-state index is -0.278. The summed E-state index contributed by atoms with van der Waals surface area (Å²) in [5.74, 6) is 0.611. The van der Waals surface area contributed by atoms with Crippen molar-refractivity contribution in [2.45, 2.75) is 44.1 Å². The zero-order valence-electron chi connectivity index (χ0n) is 16.2. The third kappa shape index (κ3) is 4.27. The Labute approximate surface area is 166 Å². The molecule has 2 amide bonds. The van der Waals surface area contributed by atoms with Gasteiger partial charge < -0.3 is 10.2 Å². The second-order valence-electron chi connectivity index (χ2n) is 7.92. The molecule has 2 aliphatic rings. The monoisotopic (exact) mass is 376 g/mol. The van der Waals surface area contributed by atoms with E-state index >= 15 is 0 Å². The van der Waals surface area contributed by atoms with Crippen LogP contribution in [0.25, 0.3) is 0 Å². The van der Waals surface area contributed by atoms with Crippen molar-refractivity contribution < 1.29 is 9.59 Å². The van der Waals surface area contributed by atoms with Crippen molar-refractivity contribution in [1.82, 2.24) is 10.2 Å². The Kier molecular flexibility index (Phi) is 5.75. The Morgan fingerprint density at radius 2 is 1.54 bits per heavy atom. The van der Waals surface area contributed by atoms with Crippen molar-refractivity contribution in [2.24, 2.45) is 5.92 Å². The van der Waals surface area contributed by atoms with E-state index in [4.69, 9.17) is 0 Å². The minimum Gasteiger partial charge on any atom is -0.354 e. The molecule has 1 saturated carbocycles. The average molecular weight is 377 g/mol. The molecule has 0 bridgehead atoms. The van der Waals surface area contributed by atoms with Crippen molar-refractivity contribution in [3.63, 3.8) is 0 Å². The Morgan fingerprint density at radius 1 is 0.929 bits per heavy atom. The molecular formula is C24H28N2O2. The maximum atomic E-state index is 12.8. The molecule has 146 valence electrons. The van der Waals surface area contributed by atoms with E-state index < -0.39 is 0 Å². The van der Waals surface area contributed by atoms with Crippen LogP contribution in [0.5, 0.6) is 0 Å². The summed E-state index contributed by atoms with van der Waals surface area (Å²) in [7, 11) is 0. The van der Waals surface area contributed by atoms with E-state index in [1.54, 1.807) is 0 Å². The van der Waals surface area contributed by atoms with Crippen molar-refractivity contribution in [1.29, 1.82) is 0 Å². The predicted molar refractivity (Wildman–Crippen MR) is 110 cm³/mol. The molecule has 1 atom stereocenters. The number of nitrogens with zero attached hydrogens (tertiary/aromatic N) is 1. The first-order chi connectivity index (χ1) is 13.7. The van der Waals surface area contributed by atoms with Crippen molar-refractivity contribution in [3.05, 3.63) is 71.8 Å². The standard InChI is InChI=1S/C24H28N2O2/c27-23(22-12-7-17-26(22)24(28)20-13-14-20)25-16-15-21(18-8-3-1-4-9-18)19-10-5-2-6-11-19/h1-6,8-11,20-22H,7,12-17H2,(H,25,27). The van der Waals surface area contributed by atoms with Gasteiger partial charge in [0.2, 0.25) is 11.8 Å². The molecule has 1 aliphatic carbocycles. The third-order valence-electron chi connectivity index (χ3n) is 5.90. The molecule has 1 N–H and O–H groups in total. The number of amides is 2. The number of hydrogen-bond donors (Lipinski definition) is 1. The summed E-state index contributed by atoms with van der Waals surface area (Å²) in [5, 5.41) is 3.11. The summed E-state index contributed by atoms with van der Waals surface area (Å²) >= 11 is 0. The highest BCUT2D eigenvalue weighted by Crippen LogP contribution is 2.33. The topological polar surface area (TPSA) is 49.4 Å². The van der Waals surface area contributed by atoms with Gasteiger partial charge in [-0.1, -0.05) is 60.7 Å². The Bertz CT molecular complexity index is 762. The van der Waals surface area contributed by atoms with E-state index in [9.17, 15) is 9.59 Å². The van der Waals surface area contributed by atoms with Crippen LogP contribution >= 0.6 is 0 Å². The summed E-state index contributed by atoms with van der Waals surface area (Å²) < 4.78 is 0. The van der Waals surface area contributed by atoms with Gasteiger partial charge in [-0.25, -0.2) is 0 Å². The Hall–Kier alpha value is -2.62. The molecule has 4 rings (SSSR count). The van der Waals surface area contributed by atoms with Gasteiger partial charge in [0.05, 0.1) is 0 Å². The van der Waals surface area contributed by atoms with Crippen LogP contribution in [0.15, 0.2) is 60.7 Å². The van der Waals surface area contributed by atoms with Crippen LogP contribution in [0.1, 0.15) is 49.1 Å². The fourth-order valence-corrected chi connectivity index (χ4v) is 4.22. The van der Waals surface area contributed by atoms with Gasteiger partial charge in [-0.05, 0) is 43.2 Å². The van der Waals surface area contributed by atoms with Gasteiger partial charge in [0, 0.05) is 24.9 Å². The molecule has 1 aliphatic heterocycles. The highest BCUT2D eigenvalue weighted by molar-refractivity contribution is 5.89. The van der Waals surface area contributed by atoms with Crippen LogP contribution in [0, 0.1) is 5.92 Å². The average Bonchev–Trinajstić information content (AvgIpc) is 3.48. The molecule has 4 heteroatoms. The fourth-order valence-electron chi connectivity index (χ4n) is 4.22. The lowest BCUT2D eigenvalue weighted by Gasteiger charge is -2.24. The smallest absolute Gasteiger partial charge is 0.242 e. The normalized spacial score (nSPS) is 19.0. The second kappa shape index (κ2) is 8.59. The molecule has 0 spiro atoms. The van der Waals surface area contributed by atoms with Crippen LogP contribution < -0.4 is 5.32 Å². The number of hydrogen-bond acceptors (Lipinski definition) is 2. The molecule has 0 radical (unpaired) electrons. The van der Waals surface area contributed by atoms with Crippen LogP contribution in [0.4, 0.5) is 0 Å². The van der Waals surface area contributed by atoms with Crippen molar-refractivity contribution in [3.8, 4) is 0 Å². The van der Waals surface area contributed by atoms with E-state index in [-0.39, 0.29) is 29.7 Å². The molecule has 2 aromatic carbocycles. The number of carbonyl (C=O) groups is 2. The minimum absolute atomic E-state index is 0.00590. The van der Waals surface area contributed by atoms with E-state index in [2.05, 4.69) is 53.8 Å². The molecule has 1 saturated heterocycles. The molecule has 2 fully saturated rings. The lowest BCUT2D eigenvalue weighted by Crippen LogP contribution is -2.46. The highest BCUT2D eigenvalue weighted by atomic mass is 16.2. The molecule has 28 heavy (non-hydrogen) atoms. The lowest BCUT2D eigenvalue weighted by atomic mass is 9.88. The number of likely N-dealkylation sites (tertiary alicyclic amines) is 1. The summed E-state index contributed by atoms with van der Waals surface area (Å²) in [6, 6.07) is 20.6. The van der Waals surface area contributed by atoms with Gasteiger partial charge >= 0.3 is 0 Å². The van der Waals surface area contributed by atoms with Gasteiger partial charge in [0.25, 0.3) is 0 Å². The summed E-state index contributed by atoms with van der Waals surface area (Å²) in [6.45, 7) is 1.33. The molecule has 4 nitrogen and oxygen atoms in total. The molecule has 2 aromatic rings. The number of benzene rings is 2. The van der Waals surface area contributed by atoms with Gasteiger partial charge in [-0.3, -0.25) is 9.59 Å². The first kappa shape index (κ1) is 18.7. The third-order valence-corrected chi connectivity index (χ3v) is 5.90. The number of carbonyl (C=O) groups excluding carboxylic acids is 2. The Balaban J connectivity index is 1.38. The first-order valence-electron chi connectivity index (χ1n) is 10.4. The van der Waals surface area contributed by atoms with Gasteiger partial charge in [0.1, 0.15) is 6.04 Å². The van der Waals surface area contributed by atoms with Crippen LogP contribution in [-0.4, -0.2) is 35.8 Å². The van der Waals surface area contributed by atoms with Gasteiger partial charge in [-0.2, -0.15) is 0 Å². The maximum absolute atomic E-state index is 12.8. The largest absolute Gasteiger partial charge is 0.354 e. The molecular weight excluding hydrogens is 348 g/mol. The Morgan fingerprint density at radius 3 is 2.11 bits per heavy atom. The van der Waals surface area contributed by atoms with Crippen LogP contribution in [0.2, 0.25) is 0 Å². The van der Waals surface area contributed by atoms with Crippen molar-refractivity contribution >= 4 is 11.8 Å². The number of nitrogens with one attached hydrogen (secondary N) is 1. The van der Waals surface area contributed by atoms with Crippen LogP contribution in [0.3, 0.4) is 0 Å². The van der Waals surface area contributed by atoms with E-state index in [1.807, 2.05) is 17.0 Å². The van der Waals surface area contributed by atoms with E-state index in [0.29, 0.717) is 6.54 Å². The SMILES string of the molecule is O=C(NCCC(c1ccccc1)c1ccccc1)C1CCCN1C(=O)C1CC1.